The summed E-state index contributed by atoms with van der Waals surface area (Å²) in [6.07, 6.45) is 81.2. The Labute approximate surface area is 468 Å². The number of hydrogen-bond donors (Lipinski definition) is 5. The Hall–Kier alpha value is -1.47. The molecule has 0 aromatic carbocycles. The van der Waals surface area contributed by atoms with Gasteiger partial charge >= 0.3 is 0 Å². The van der Waals surface area contributed by atoms with Crippen LogP contribution < -0.4 is 5.32 Å². The molecule has 0 fully saturated rings. The van der Waals surface area contributed by atoms with E-state index in [0.29, 0.717) is 19.3 Å². The van der Waals surface area contributed by atoms with E-state index in [1.807, 2.05) is 0 Å². The van der Waals surface area contributed by atoms with E-state index >= 15 is 0 Å². The van der Waals surface area contributed by atoms with Gasteiger partial charge in [-0.2, -0.15) is 0 Å². The quantitative estimate of drug-likeness (QED) is 0.0308. The van der Waals surface area contributed by atoms with Crippen molar-refractivity contribution < 1.29 is 25.2 Å². The number of hydrogen-bond acceptors (Lipinski definition) is 5. The van der Waals surface area contributed by atoms with E-state index in [1.54, 1.807) is 0 Å². The highest BCUT2D eigenvalue weighted by Crippen LogP contribution is 2.19. The molecule has 6 heteroatoms. The van der Waals surface area contributed by atoms with Crippen molar-refractivity contribution in [2.75, 3.05) is 6.61 Å². The van der Waals surface area contributed by atoms with Gasteiger partial charge in [0.1, 0.15) is 12.2 Å². The minimum Gasteiger partial charge on any atom is -0.394 e. The molecule has 75 heavy (non-hydrogen) atoms. The number of allylic oxidation sites excluding steroid dienone is 6. The summed E-state index contributed by atoms with van der Waals surface area (Å²) in [4.78, 5) is 12.6. The van der Waals surface area contributed by atoms with Crippen molar-refractivity contribution in [2.45, 2.75) is 391 Å². The molecular weight excluding hydrogens is 923 g/mol. The predicted molar refractivity (Wildman–Crippen MR) is 330 cm³/mol. The van der Waals surface area contributed by atoms with Crippen molar-refractivity contribution in [3.63, 3.8) is 0 Å². The lowest BCUT2D eigenvalue weighted by Gasteiger charge is -2.27. The maximum atomic E-state index is 12.6. The van der Waals surface area contributed by atoms with Gasteiger partial charge in [-0.3, -0.25) is 4.79 Å². The molecule has 0 aromatic rings. The van der Waals surface area contributed by atoms with E-state index < -0.39 is 36.9 Å². The molecule has 1 amide bonds. The molecule has 0 aliphatic heterocycles. The van der Waals surface area contributed by atoms with Crippen LogP contribution in [0.4, 0.5) is 0 Å². The van der Waals surface area contributed by atoms with Gasteiger partial charge in [0.2, 0.25) is 5.91 Å². The average molecular weight is 1060 g/mol. The van der Waals surface area contributed by atoms with Gasteiger partial charge in [-0.1, -0.05) is 339 Å². The van der Waals surface area contributed by atoms with Crippen LogP contribution in [0.5, 0.6) is 0 Å². The van der Waals surface area contributed by atoms with Crippen LogP contribution in [0.25, 0.3) is 0 Å². The Kier molecular flexibility index (Phi) is 62.1. The highest BCUT2D eigenvalue weighted by Gasteiger charge is 2.28. The van der Waals surface area contributed by atoms with Crippen LogP contribution in [0.2, 0.25) is 0 Å². The number of rotatable bonds is 63. The van der Waals surface area contributed by atoms with E-state index in [1.165, 1.54) is 283 Å². The van der Waals surface area contributed by atoms with Crippen LogP contribution >= 0.6 is 0 Å². The van der Waals surface area contributed by atoms with Gasteiger partial charge in [0.25, 0.3) is 0 Å². The molecule has 0 aliphatic rings. The Bertz CT molecular complexity index is 1190. The number of carbonyl (C=O) groups is 1. The van der Waals surface area contributed by atoms with Crippen LogP contribution in [-0.2, 0) is 4.79 Å². The standard InChI is InChI=1S/C69H133NO5/c1-3-5-7-9-11-13-15-17-19-21-23-25-27-29-31-32-33-34-35-37-39-41-43-45-47-49-51-53-55-57-59-61-63-67(73)69(75)70-65(64-71)68(74)66(72)62-60-58-56-54-52-50-48-46-44-42-40-38-36-30-28-26-24-22-20-18-16-14-12-10-8-6-4-2/h38,40,46,48,54,56,65-68,71-74H,3-37,39,41-45,47,49-53,55,57-64H2,1-2H3,(H,70,75)/b40-38+,48-46+,56-54+. The molecule has 0 radical (unpaired) electrons. The van der Waals surface area contributed by atoms with Crippen molar-refractivity contribution >= 4 is 5.91 Å². The lowest BCUT2D eigenvalue weighted by Crippen LogP contribution is -2.53. The van der Waals surface area contributed by atoms with Crippen LogP contribution in [0.1, 0.15) is 367 Å². The maximum Gasteiger partial charge on any atom is 0.249 e. The second kappa shape index (κ2) is 63.4. The van der Waals surface area contributed by atoms with Crippen molar-refractivity contribution in [2.24, 2.45) is 0 Å². The largest absolute Gasteiger partial charge is 0.394 e. The van der Waals surface area contributed by atoms with E-state index in [4.69, 9.17) is 0 Å². The molecule has 0 spiro atoms. The van der Waals surface area contributed by atoms with E-state index in [2.05, 4.69) is 55.6 Å². The monoisotopic (exact) mass is 1060 g/mol. The highest BCUT2D eigenvalue weighted by atomic mass is 16.3. The second-order valence-electron chi connectivity index (χ2n) is 23.5. The summed E-state index contributed by atoms with van der Waals surface area (Å²) in [5.74, 6) is -0.593. The van der Waals surface area contributed by atoms with Gasteiger partial charge in [0.05, 0.1) is 18.8 Å². The van der Waals surface area contributed by atoms with Crippen molar-refractivity contribution in [1.82, 2.24) is 5.32 Å². The second-order valence-corrected chi connectivity index (χ2v) is 23.5. The SMILES string of the molecule is CCCCCCCCCCCCCCCC/C=C/CC/C=C/CC/C=C/CCCC(O)C(O)C(CO)NC(=O)C(O)CCCCCCCCCCCCCCCCCCCCCCCCCCCCCCCCCC. The molecule has 6 nitrogen and oxygen atoms in total. The molecule has 0 rings (SSSR count). The molecular formula is C69H133NO5. The summed E-state index contributed by atoms with van der Waals surface area (Å²) in [5.41, 5.74) is 0. The molecule has 0 saturated carbocycles. The van der Waals surface area contributed by atoms with Crippen LogP contribution in [-0.4, -0.2) is 57.3 Å². The molecule has 0 aliphatic carbocycles. The zero-order valence-electron chi connectivity index (χ0n) is 50.6. The van der Waals surface area contributed by atoms with Gasteiger partial charge in [0, 0.05) is 0 Å². The minimum atomic E-state index is -1.29. The first-order valence-electron chi connectivity index (χ1n) is 33.9. The van der Waals surface area contributed by atoms with E-state index in [9.17, 15) is 25.2 Å². The number of unbranched alkanes of at least 4 members (excludes halogenated alkanes) is 48. The molecule has 0 saturated heterocycles. The van der Waals surface area contributed by atoms with Crippen molar-refractivity contribution in [3.05, 3.63) is 36.5 Å². The molecule has 0 aromatic heterocycles. The van der Waals surface area contributed by atoms with Crippen LogP contribution in [0.15, 0.2) is 36.5 Å². The lowest BCUT2D eigenvalue weighted by atomic mass is 10.00. The van der Waals surface area contributed by atoms with Gasteiger partial charge in [0.15, 0.2) is 0 Å². The fraction of sp³-hybridized carbons (Fsp3) is 0.899. The summed E-state index contributed by atoms with van der Waals surface area (Å²) < 4.78 is 0. The third kappa shape index (κ3) is 57.0. The molecule has 0 bridgehead atoms. The Morgan fingerprint density at radius 1 is 0.320 bits per heavy atom. The maximum absolute atomic E-state index is 12.6. The molecule has 4 atom stereocenters. The summed E-state index contributed by atoms with van der Waals surface area (Å²) in [5, 5.41) is 44.1. The van der Waals surface area contributed by atoms with Gasteiger partial charge < -0.3 is 25.7 Å². The number of nitrogens with one attached hydrogen (secondary N) is 1. The number of carbonyl (C=O) groups excluding carboxylic acids is 1. The summed E-state index contributed by atoms with van der Waals surface area (Å²) in [6, 6.07) is -1.01. The lowest BCUT2D eigenvalue weighted by molar-refractivity contribution is -0.132. The van der Waals surface area contributed by atoms with E-state index in [0.717, 1.165) is 51.4 Å². The van der Waals surface area contributed by atoms with E-state index in [-0.39, 0.29) is 0 Å². The zero-order chi connectivity index (χ0) is 54.4. The van der Waals surface area contributed by atoms with Crippen molar-refractivity contribution in [1.29, 1.82) is 0 Å². The first-order valence-corrected chi connectivity index (χ1v) is 33.9. The Morgan fingerprint density at radius 3 is 0.840 bits per heavy atom. The smallest absolute Gasteiger partial charge is 0.249 e. The van der Waals surface area contributed by atoms with Gasteiger partial charge in [-0.05, 0) is 64.2 Å². The fourth-order valence-corrected chi connectivity index (χ4v) is 10.8. The van der Waals surface area contributed by atoms with Crippen molar-refractivity contribution in [3.8, 4) is 0 Å². The topological polar surface area (TPSA) is 110 Å². The third-order valence-electron chi connectivity index (χ3n) is 16.1. The fourth-order valence-electron chi connectivity index (χ4n) is 10.8. The Morgan fingerprint density at radius 2 is 0.560 bits per heavy atom. The molecule has 444 valence electrons. The average Bonchev–Trinajstić information content (AvgIpc) is 3.42. The normalized spacial score (nSPS) is 13.7. The third-order valence-corrected chi connectivity index (χ3v) is 16.1. The van der Waals surface area contributed by atoms with Crippen LogP contribution in [0, 0.1) is 0 Å². The first kappa shape index (κ1) is 73.5. The number of aliphatic hydroxyl groups is 4. The molecule has 0 heterocycles. The van der Waals surface area contributed by atoms with Gasteiger partial charge in [-0.15, -0.1) is 0 Å². The zero-order valence-corrected chi connectivity index (χ0v) is 50.6. The van der Waals surface area contributed by atoms with Gasteiger partial charge in [-0.25, -0.2) is 0 Å². The number of amides is 1. The highest BCUT2D eigenvalue weighted by molar-refractivity contribution is 5.80. The minimum absolute atomic E-state index is 0.362. The summed E-state index contributed by atoms with van der Waals surface area (Å²) >= 11 is 0. The Balaban J connectivity index is 3.60. The molecule has 5 N–H and O–H groups in total. The van der Waals surface area contributed by atoms with Crippen LogP contribution in [0.3, 0.4) is 0 Å². The number of aliphatic hydroxyl groups excluding tert-OH is 4. The predicted octanol–water partition coefficient (Wildman–Crippen LogP) is 20.7. The first-order chi connectivity index (χ1) is 37.0. The summed E-state index contributed by atoms with van der Waals surface area (Å²) in [6.45, 7) is 4.09. The summed E-state index contributed by atoms with van der Waals surface area (Å²) in [7, 11) is 0. The molecule has 4 unspecified atom stereocenters.